The third-order valence-electron chi connectivity index (χ3n) is 3.84. The Kier molecular flexibility index (Phi) is 4.67. The number of anilines is 1. The van der Waals surface area contributed by atoms with E-state index in [1.54, 1.807) is 0 Å². The largest absolute Gasteiger partial charge is 0.397 e. The molecule has 3 N–H and O–H groups in total. The number of carbonyl (C=O) groups excluding carboxylic acids is 1. The molecule has 1 aromatic rings. The van der Waals surface area contributed by atoms with Crippen molar-refractivity contribution in [1.82, 2.24) is 5.32 Å². The van der Waals surface area contributed by atoms with Crippen LogP contribution in [0.2, 0.25) is 5.02 Å². The van der Waals surface area contributed by atoms with Crippen molar-refractivity contribution in [3.8, 4) is 0 Å². The number of nitrogen functional groups attached to an aromatic ring is 1. The zero-order chi connectivity index (χ0) is 15.6. The summed E-state index contributed by atoms with van der Waals surface area (Å²) in [5, 5.41) is 13.8. The summed E-state index contributed by atoms with van der Waals surface area (Å²) >= 11 is 5.86. The molecule has 2 unspecified atom stereocenters. The number of nitro benzene ring substituents is 1. The molecule has 0 spiro atoms. The van der Waals surface area contributed by atoms with Crippen molar-refractivity contribution < 1.29 is 9.72 Å². The first-order valence-corrected chi connectivity index (χ1v) is 7.30. The van der Waals surface area contributed by atoms with Crippen molar-refractivity contribution in [2.75, 3.05) is 5.73 Å². The molecule has 0 aromatic heterocycles. The van der Waals surface area contributed by atoms with Crippen molar-refractivity contribution in [1.29, 1.82) is 0 Å². The highest BCUT2D eigenvalue weighted by atomic mass is 35.5. The molecule has 0 bridgehead atoms. The summed E-state index contributed by atoms with van der Waals surface area (Å²) in [6, 6.07) is 2.40. The van der Waals surface area contributed by atoms with Crippen molar-refractivity contribution in [3.05, 3.63) is 32.8 Å². The number of rotatable bonds is 3. The highest BCUT2D eigenvalue weighted by Crippen LogP contribution is 2.29. The highest BCUT2D eigenvalue weighted by Gasteiger charge is 2.24. The Labute approximate surface area is 127 Å². The van der Waals surface area contributed by atoms with E-state index in [0.29, 0.717) is 5.92 Å². The fourth-order valence-electron chi connectivity index (χ4n) is 2.73. The predicted octanol–water partition coefficient (Wildman–Crippen LogP) is 3.14. The quantitative estimate of drug-likeness (QED) is 0.509. The highest BCUT2D eigenvalue weighted by molar-refractivity contribution is 6.34. The van der Waals surface area contributed by atoms with E-state index in [-0.39, 0.29) is 28.0 Å². The predicted molar refractivity (Wildman–Crippen MR) is 81.4 cm³/mol. The number of hydrogen-bond acceptors (Lipinski definition) is 4. The molecule has 1 amide bonds. The molecule has 0 saturated heterocycles. The van der Waals surface area contributed by atoms with Crippen LogP contribution in [0.25, 0.3) is 0 Å². The lowest BCUT2D eigenvalue weighted by Crippen LogP contribution is -2.38. The van der Waals surface area contributed by atoms with Gasteiger partial charge in [0.25, 0.3) is 11.6 Å². The molecular formula is C14H18ClN3O3. The third-order valence-corrected chi connectivity index (χ3v) is 4.15. The Balaban J connectivity index is 2.20. The number of hydrogen-bond donors (Lipinski definition) is 2. The van der Waals surface area contributed by atoms with E-state index in [1.165, 1.54) is 6.07 Å². The number of nitrogens with zero attached hydrogens (tertiary/aromatic N) is 1. The molecule has 1 fully saturated rings. The Morgan fingerprint density at radius 1 is 1.48 bits per heavy atom. The number of non-ortho nitro benzene ring substituents is 1. The van der Waals surface area contributed by atoms with E-state index in [0.717, 1.165) is 31.7 Å². The van der Waals surface area contributed by atoms with Gasteiger partial charge in [0.2, 0.25) is 0 Å². The first kappa shape index (κ1) is 15.6. The van der Waals surface area contributed by atoms with E-state index in [1.807, 2.05) is 0 Å². The van der Waals surface area contributed by atoms with Crippen LogP contribution in [0.5, 0.6) is 0 Å². The summed E-state index contributed by atoms with van der Waals surface area (Å²) in [7, 11) is 0. The Hall–Kier alpha value is -1.82. The second-order valence-electron chi connectivity index (χ2n) is 5.59. The molecule has 0 radical (unpaired) electrons. The molecule has 0 heterocycles. The van der Waals surface area contributed by atoms with Gasteiger partial charge in [0.15, 0.2) is 0 Å². The molecule has 21 heavy (non-hydrogen) atoms. The number of benzene rings is 1. The van der Waals surface area contributed by atoms with E-state index in [2.05, 4.69) is 12.2 Å². The van der Waals surface area contributed by atoms with Crippen molar-refractivity contribution in [2.45, 2.75) is 38.6 Å². The molecule has 1 saturated carbocycles. The number of carbonyl (C=O) groups is 1. The van der Waals surface area contributed by atoms with Crippen molar-refractivity contribution >= 4 is 28.9 Å². The molecule has 2 rings (SSSR count). The van der Waals surface area contributed by atoms with Gasteiger partial charge in [0.05, 0.1) is 21.2 Å². The average Bonchev–Trinajstić information content (AvgIpc) is 2.41. The van der Waals surface area contributed by atoms with Crippen LogP contribution in [0.4, 0.5) is 11.4 Å². The lowest BCUT2D eigenvalue weighted by atomic mass is 9.87. The number of amides is 1. The first-order chi connectivity index (χ1) is 9.88. The molecule has 1 aliphatic carbocycles. The Morgan fingerprint density at radius 3 is 2.81 bits per heavy atom. The average molecular weight is 312 g/mol. The van der Waals surface area contributed by atoms with Crippen LogP contribution in [-0.4, -0.2) is 16.9 Å². The molecule has 1 aromatic carbocycles. The Bertz CT molecular complexity index is 577. The van der Waals surface area contributed by atoms with E-state index >= 15 is 0 Å². The van der Waals surface area contributed by atoms with Gasteiger partial charge in [0, 0.05) is 18.2 Å². The van der Waals surface area contributed by atoms with Crippen LogP contribution in [-0.2, 0) is 0 Å². The molecule has 114 valence electrons. The van der Waals surface area contributed by atoms with E-state index in [9.17, 15) is 14.9 Å². The molecule has 1 aliphatic rings. The van der Waals surface area contributed by atoms with Crippen LogP contribution < -0.4 is 11.1 Å². The number of nitrogens with one attached hydrogen (secondary N) is 1. The Morgan fingerprint density at radius 2 is 2.19 bits per heavy atom. The van der Waals surface area contributed by atoms with Crippen LogP contribution in [0.15, 0.2) is 12.1 Å². The minimum atomic E-state index is -0.592. The fraction of sp³-hybridized carbons (Fsp3) is 0.500. The minimum Gasteiger partial charge on any atom is -0.397 e. The summed E-state index contributed by atoms with van der Waals surface area (Å²) in [6.45, 7) is 2.15. The van der Waals surface area contributed by atoms with Gasteiger partial charge in [-0.05, 0) is 18.8 Å². The maximum Gasteiger partial charge on any atom is 0.271 e. The fourth-order valence-corrected chi connectivity index (χ4v) is 2.94. The smallest absolute Gasteiger partial charge is 0.271 e. The SMILES string of the molecule is CC1CCCC(NC(=O)c2cc([N+](=O)[O-])cc(Cl)c2N)C1. The van der Waals surface area contributed by atoms with Crippen molar-refractivity contribution in [2.24, 2.45) is 5.92 Å². The zero-order valence-electron chi connectivity index (χ0n) is 11.8. The number of nitro groups is 1. The molecule has 6 nitrogen and oxygen atoms in total. The van der Waals surface area contributed by atoms with Gasteiger partial charge in [-0.1, -0.05) is 31.4 Å². The van der Waals surface area contributed by atoms with Gasteiger partial charge >= 0.3 is 0 Å². The number of nitrogens with two attached hydrogens (primary N) is 1. The maximum absolute atomic E-state index is 12.3. The summed E-state index contributed by atoms with van der Waals surface area (Å²) in [5.74, 6) is 0.160. The summed E-state index contributed by atoms with van der Waals surface area (Å²) in [4.78, 5) is 22.5. The lowest BCUT2D eigenvalue weighted by Gasteiger charge is -2.27. The number of halogens is 1. The van der Waals surface area contributed by atoms with Crippen LogP contribution in [0.3, 0.4) is 0 Å². The van der Waals surface area contributed by atoms with Gasteiger partial charge in [-0.2, -0.15) is 0 Å². The minimum absolute atomic E-state index is 0.0198. The van der Waals surface area contributed by atoms with Gasteiger partial charge in [-0.3, -0.25) is 14.9 Å². The maximum atomic E-state index is 12.3. The molecule has 7 heteroatoms. The van der Waals surface area contributed by atoms with Gasteiger partial charge in [-0.25, -0.2) is 0 Å². The monoisotopic (exact) mass is 311 g/mol. The molecular weight excluding hydrogens is 294 g/mol. The second-order valence-corrected chi connectivity index (χ2v) is 6.00. The normalized spacial score (nSPS) is 21.8. The van der Waals surface area contributed by atoms with Gasteiger partial charge < -0.3 is 11.1 Å². The van der Waals surface area contributed by atoms with Crippen molar-refractivity contribution in [3.63, 3.8) is 0 Å². The third kappa shape index (κ3) is 3.64. The standard InChI is InChI=1S/C14H18ClN3O3/c1-8-3-2-4-9(5-8)17-14(19)11-6-10(18(20)21)7-12(15)13(11)16/h6-9H,2-5,16H2,1H3,(H,17,19). The molecule has 0 aliphatic heterocycles. The van der Waals surface area contributed by atoms with Crippen LogP contribution in [0.1, 0.15) is 43.0 Å². The summed E-state index contributed by atoms with van der Waals surface area (Å²) in [6.07, 6.45) is 4.06. The van der Waals surface area contributed by atoms with Crippen LogP contribution >= 0.6 is 11.6 Å². The molecule has 2 atom stereocenters. The van der Waals surface area contributed by atoms with Crippen LogP contribution in [0, 0.1) is 16.0 Å². The summed E-state index contributed by atoms with van der Waals surface area (Å²) < 4.78 is 0. The lowest BCUT2D eigenvalue weighted by molar-refractivity contribution is -0.384. The second kappa shape index (κ2) is 6.30. The van der Waals surface area contributed by atoms with E-state index in [4.69, 9.17) is 17.3 Å². The van der Waals surface area contributed by atoms with Gasteiger partial charge in [0.1, 0.15) is 0 Å². The topological polar surface area (TPSA) is 98.3 Å². The van der Waals surface area contributed by atoms with Gasteiger partial charge in [-0.15, -0.1) is 0 Å². The summed E-state index contributed by atoms with van der Waals surface area (Å²) in [5.41, 5.74) is 5.67. The zero-order valence-corrected chi connectivity index (χ0v) is 12.5. The first-order valence-electron chi connectivity index (χ1n) is 6.92. The van der Waals surface area contributed by atoms with E-state index < -0.39 is 10.8 Å².